The molecule has 3 heterocycles. The number of nitrogens with one attached hydrogen (secondary N) is 1. The van der Waals surface area contributed by atoms with Gasteiger partial charge in [0.05, 0.1) is 25.5 Å². The summed E-state index contributed by atoms with van der Waals surface area (Å²) in [5.74, 6) is 0.472. The molecule has 122 valence electrons. The van der Waals surface area contributed by atoms with E-state index < -0.39 is 0 Å². The fourth-order valence-electron chi connectivity index (χ4n) is 3.42. The molecule has 0 radical (unpaired) electrons. The molecule has 2 fully saturated rings. The van der Waals surface area contributed by atoms with E-state index in [4.69, 9.17) is 4.74 Å². The van der Waals surface area contributed by atoms with E-state index in [1.807, 2.05) is 28.9 Å². The van der Waals surface area contributed by atoms with Gasteiger partial charge in [0.1, 0.15) is 0 Å². The van der Waals surface area contributed by atoms with Crippen LogP contribution < -0.4 is 5.32 Å². The van der Waals surface area contributed by atoms with Crippen molar-refractivity contribution in [3.05, 3.63) is 18.0 Å². The zero-order valence-corrected chi connectivity index (χ0v) is 13.5. The van der Waals surface area contributed by atoms with Gasteiger partial charge in [0.15, 0.2) is 0 Å². The van der Waals surface area contributed by atoms with Crippen molar-refractivity contribution in [1.29, 1.82) is 0 Å². The first-order valence-corrected chi connectivity index (χ1v) is 8.24. The van der Waals surface area contributed by atoms with Crippen LogP contribution in [0.2, 0.25) is 0 Å². The SMILES string of the molecule is Cc1cnn(CC2CN(C(=O)[C@H]3CCN[C@@H](C)C3)CCO2)c1. The third kappa shape index (κ3) is 3.67. The standard InChI is InChI=1S/C16H26N4O2/c1-12-8-18-20(9-12)11-15-10-19(5-6-22-15)16(21)14-3-4-17-13(2)7-14/h8-9,13-15,17H,3-7,10-11H2,1-2H3/t13-,14-,15?/m0/s1. The van der Waals surface area contributed by atoms with Gasteiger partial charge in [0.25, 0.3) is 0 Å². The molecule has 1 aromatic rings. The van der Waals surface area contributed by atoms with E-state index in [9.17, 15) is 4.79 Å². The van der Waals surface area contributed by atoms with Crippen molar-refractivity contribution in [3.8, 4) is 0 Å². The normalized spacial score (nSPS) is 29.5. The molecule has 3 rings (SSSR count). The van der Waals surface area contributed by atoms with Crippen molar-refractivity contribution in [2.24, 2.45) is 5.92 Å². The largest absolute Gasteiger partial charge is 0.373 e. The molecule has 2 aliphatic rings. The second kappa shape index (κ2) is 6.79. The number of aryl methyl sites for hydroxylation is 1. The number of hydrogen-bond acceptors (Lipinski definition) is 4. The van der Waals surface area contributed by atoms with Crippen LogP contribution in [0.4, 0.5) is 0 Å². The van der Waals surface area contributed by atoms with Crippen molar-refractivity contribution in [1.82, 2.24) is 20.0 Å². The number of piperidine rings is 1. The molecule has 0 aromatic carbocycles. The van der Waals surface area contributed by atoms with Gasteiger partial charge in [-0.1, -0.05) is 0 Å². The number of carbonyl (C=O) groups is 1. The quantitative estimate of drug-likeness (QED) is 0.898. The van der Waals surface area contributed by atoms with Crippen LogP contribution in [0, 0.1) is 12.8 Å². The van der Waals surface area contributed by atoms with E-state index in [-0.39, 0.29) is 12.0 Å². The minimum atomic E-state index is 0.0381. The maximum absolute atomic E-state index is 12.7. The van der Waals surface area contributed by atoms with Gasteiger partial charge in [-0.25, -0.2) is 0 Å². The third-order valence-electron chi connectivity index (χ3n) is 4.58. The van der Waals surface area contributed by atoms with Crippen LogP contribution in [0.3, 0.4) is 0 Å². The van der Waals surface area contributed by atoms with Crippen molar-refractivity contribution >= 4 is 5.91 Å². The number of aromatic nitrogens is 2. The maximum Gasteiger partial charge on any atom is 0.225 e. The van der Waals surface area contributed by atoms with E-state index in [0.717, 1.165) is 24.9 Å². The number of carbonyl (C=O) groups excluding carboxylic acids is 1. The van der Waals surface area contributed by atoms with Gasteiger partial charge in [-0.05, 0) is 38.8 Å². The highest BCUT2D eigenvalue weighted by Crippen LogP contribution is 2.20. The number of hydrogen-bond donors (Lipinski definition) is 1. The topological polar surface area (TPSA) is 59.4 Å². The Bertz CT molecular complexity index is 516. The average Bonchev–Trinajstić information content (AvgIpc) is 2.92. The molecule has 0 spiro atoms. The lowest BCUT2D eigenvalue weighted by Gasteiger charge is -2.37. The number of rotatable bonds is 3. The first-order valence-electron chi connectivity index (χ1n) is 8.24. The zero-order valence-electron chi connectivity index (χ0n) is 13.5. The van der Waals surface area contributed by atoms with E-state index in [0.29, 0.717) is 38.2 Å². The van der Waals surface area contributed by atoms with E-state index in [1.165, 1.54) is 0 Å². The number of ether oxygens (including phenoxy) is 1. The fraction of sp³-hybridized carbons (Fsp3) is 0.750. The second-order valence-corrected chi connectivity index (χ2v) is 6.59. The third-order valence-corrected chi connectivity index (χ3v) is 4.58. The summed E-state index contributed by atoms with van der Waals surface area (Å²) >= 11 is 0. The van der Waals surface area contributed by atoms with Gasteiger partial charge in [-0.15, -0.1) is 0 Å². The molecule has 3 atom stereocenters. The smallest absolute Gasteiger partial charge is 0.225 e. The molecular weight excluding hydrogens is 280 g/mol. The second-order valence-electron chi connectivity index (χ2n) is 6.59. The van der Waals surface area contributed by atoms with Crippen LogP contribution in [0.25, 0.3) is 0 Å². The van der Waals surface area contributed by atoms with Gasteiger partial charge >= 0.3 is 0 Å². The van der Waals surface area contributed by atoms with Crippen molar-refractivity contribution in [2.75, 3.05) is 26.2 Å². The minimum absolute atomic E-state index is 0.0381. The van der Waals surface area contributed by atoms with Crippen LogP contribution >= 0.6 is 0 Å². The molecule has 2 aliphatic heterocycles. The Morgan fingerprint density at radius 3 is 3.14 bits per heavy atom. The lowest BCUT2D eigenvalue weighted by atomic mass is 9.92. The summed E-state index contributed by atoms with van der Waals surface area (Å²) in [5.41, 5.74) is 1.15. The Morgan fingerprint density at radius 2 is 2.41 bits per heavy atom. The lowest BCUT2D eigenvalue weighted by molar-refractivity contribution is -0.144. The highest BCUT2D eigenvalue weighted by Gasteiger charge is 2.31. The van der Waals surface area contributed by atoms with Crippen molar-refractivity contribution < 1.29 is 9.53 Å². The van der Waals surface area contributed by atoms with Crippen molar-refractivity contribution in [3.63, 3.8) is 0 Å². The van der Waals surface area contributed by atoms with E-state index in [2.05, 4.69) is 17.3 Å². The molecule has 1 aromatic heterocycles. The average molecular weight is 306 g/mol. The molecule has 0 aliphatic carbocycles. The molecule has 1 unspecified atom stereocenters. The summed E-state index contributed by atoms with van der Waals surface area (Å²) in [6.07, 6.45) is 5.79. The maximum atomic E-state index is 12.7. The summed E-state index contributed by atoms with van der Waals surface area (Å²) in [6, 6.07) is 0.437. The summed E-state index contributed by atoms with van der Waals surface area (Å²) < 4.78 is 7.72. The first kappa shape index (κ1) is 15.5. The monoisotopic (exact) mass is 306 g/mol. The highest BCUT2D eigenvalue weighted by atomic mass is 16.5. The summed E-state index contributed by atoms with van der Waals surface area (Å²) in [6.45, 7) is 7.85. The number of amides is 1. The molecule has 1 amide bonds. The molecule has 2 saturated heterocycles. The first-order chi connectivity index (χ1) is 10.6. The van der Waals surface area contributed by atoms with Gasteiger partial charge < -0.3 is 15.0 Å². The molecule has 6 heteroatoms. The lowest BCUT2D eigenvalue weighted by Crippen LogP contribution is -2.51. The minimum Gasteiger partial charge on any atom is -0.373 e. The summed E-state index contributed by atoms with van der Waals surface area (Å²) in [4.78, 5) is 14.7. The van der Waals surface area contributed by atoms with Crippen LogP contribution in [-0.4, -0.2) is 59.0 Å². The van der Waals surface area contributed by atoms with Gasteiger partial charge in [-0.2, -0.15) is 5.10 Å². The van der Waals surface area contributed by atoms with Crippen molar-refractivity contribution in [2.45, 2.75) is 45.4 Å². The van der Waals surface area contributed by atoms with Gasteiger partial charge in [-0.3, -0.25) is 9.48 Å². The Kier molecular flexibility index (Phi) is 4.78. The van der Waals surface area contributed by atoms with Crippen LogP contribution in [-0.2, 0) is 16.1 Å². The number of morpholine rings is 1. The molecule has 6 nitrogen and oxygen atoms in total. The highest BCUT2D eigenvalue weighted by molar-refractivity contribution is 5.79. The van der Waals surface area contributed by atoms with Gasteiger partial charge in [0, 0.05) is 31.2 Å². The van der Waals surface area contributed by atoms with Crippen LogP contribution in [0.15, 0.2) is 12.4 Å². The van der Waals surface area contributed by atoms with Gasteiger partial charge in [0.2, 0.25) is 5.91 Å². The Hall–Kier alpha value is -1.40. The number of nitrogens with zero attached hydrogens (tertiary/aromatic N) is 3. The van der Waals surface area contributed by atoms with E-state index in [1.54, 1.807) is 0 Å². The molecule has 1 N–H and O–H groups in total. The summed E-state index contributed by atoms with van der Waals surface area (Å²) in [5, 5.41) is 7.71. The van der Waals surface area contributed by atoms with Crippen LogP contribution in [0.1, 0.15) is 25.3 Å². The Balaban J connectivity index is 1.56. The molecule has 0 bridgehead atoms. The summed E-state index contributed by atoms with van der Waals surface area (Å²) in [7, 11) is 0. The Labute approximate surface area is 131 Å². The Morgan fingerprint density at radius 1 is 1.55 bits per heavy atom. The predicted octanol–water partition coefficient (Wildman–Crippen LogP) is 0.807. The van der Waals surface area contributed by atoms with Crippen LogP contribution in [0.5, 0.6) is 0 Å². The fourth-order valence-corrected chi connectivity index (χ4v) is 3.42. The molecule has 0 saturated carbocycles. The van der Waals surface area contributed by atoms with E-state index >= 15 is 0 Å². The zero-order chi connectivity index (χ0) is 15.5. The molecular formula is C16H26N4O2. The molecule has 22 heavy (non-hydrogen) atoms. The predicted molar refractivity (Wildman–Crippen MR) is 83.5 cm³/mol.